The summed E-state index contributed by atoms with van der Waals surface area (Å²) in [6, 6.07) is 15.3. The molecule has 0 bridgehead atoms. The highest BCUT2D eigenvalue weighted by atomic mass is 14.1. The number of benzene rings is 2. The van der Waals surface area contributed by atoms with Crippen LogP contribution < -0.4 is 0 Å². The summed E-state index contributed by atoms with van der Waals surface area (Å²) < 4.78 is 33.5. The highest BCUT2D eigenvalue weighted by Gasteiger charge is 2.07. The molecule has 3 rings (SSSR count). The fourth-order valence-electron chi connectivity index (χ4n) is 2.47. The van der Waals surface area contributed by atoms with Gasteiger partial charge in [-0.3, -0.25) is 0 Å². The molecule has 1 aliphatic rings. The van der Waals surface area contributed by atoms with Crippen LogP contribution >= 0.6 is 0 Å². The second kappa shape index (κ2) is 5.39. The van der Waals surface area contributed by atoms with Crippen molar-refractivity contribution in [1.29, 1.82) is 0 Å². The van der Waals surface area contributed by atoms with Crippen molar-refractivity contribution in [3.05, 3.63) is 70.8 Å². The lowest BCUT2D eigenvalue weighted by Crippen LogP contribution is -2.02. The largest absolute Gasteiger partial charge is 0.0620 e. The molecule has 0 aliphatic heterocycles. The summed E-state index contributed by atoms with van der Waals surface area (Å²) in [5.74, 6) is 0. The Morgan fingerprint density at radius 3 is 1.11 bits per heavy atom. The van der Waals surface area contributed by atoms with Crippen molar-refractivity contribution in [3.8, 4) is 0 Å². The molecule has 18 heavy (non-hydrogen) atoms. The lowest BCUT2D eigenvalue weighted by molar-refractivity contribution is 0.745. The molecule has 0 heteroatoms. The first-order valence-corrected chi connectivity index (χ1v) is 6.48. The van der Waals surface area contributed by atoms with Gasteiger partial charge in [-0.1, -0.05) is 48.5 Å². The normalized spacial score (nSPS) is 24.4. The van der Waals surface area contributed by atoms with Gasteiger partial charge in [0.2, 0.25) is 0 Å². The molecule has 92 valence electrons. The Morgan fingerprint density at radius 1 is 0.556 bits per heavy atom. The van der Waals surface area contributed by atoms with Gasteiger partial charge < -0.3 is 0 Å². The number of hydrogen-bond donors (Lipinski definition) is 0. The van der Waals surface area contributed by atoms with E-state index in [1.165, 1.54) is 0 Å². The van der Waals surface area contributed by atoms with Crippen molar-refractivity contribution in [3.63, 3.8) is 0 Å². The molecule has 0 unspecified atom stereocenters. The van der Waals surface area contributed by atoms with Crippen molar-refractivity contribution < 1.29 is 5.48 Å². The maximum atomic E-state index is 8.37. The highest BCUT2D eigenvalue weighted by molar-refractivity contribution is 5.31. The first-order valence-electron chi connectivity index (χ1n) is 8.48. The van der Waals surface area contributed by atoms with Crippen LogP contribution in [0.5, 0.6) is 0 Å². The molecule has 2 aromatic rings. The summed E-state index contributed by atoms with van der Waals surface area (Å²) in [5.41, 5.74) is 3.71. The Morgan fingerprint density at radius 2 is 0.833 bits per heavy atom. The van der Waals surface area contributed by atoms with Crippen LogP contribution in [-0.2, 0) is 25.7 Å². The van der Waals surface area contributed by atoms with Gasteiger partial charge in [-0.2, -0.15) is 0 Å². The number of aryl methyl sites for hydroxylation is 4. The highest BCUT2D eigenvalue weighted by Crippen LogP contribution is 2.20. The predicted molar refractivity (Wildman–Crippen MR) is 76.9 cm³/mol. The van der Waals surface area contributed by atoms with E-state index in [2.05, 4.69) is 0 Å². The van der Waals surface area contributed by atoms with Crippen molar-refractivity contribution >= 4 is 0 Å². The Labute approximate surface area is 115 Å². The molecule has 0 heterocycles. The summed E-state index contributed by atoms with van der Waals surface area (Å²) in [6.07, 6.45) is -1.34. The van der Waals surface area contributed by atoms with Crippen LogP contribution in [-0.4, -0.2) is 0 Å². The Bertz CT molecular complexity index is 563. The molecular formula is C18H20. The van der Waals surface area contributed by atoms with E-state index in [0.717, 1.165) is 22.3 Å². The third-order valence-electron chi connectivity index (χ3n) is 3.50. The van der Waals surface area contributed by atoms with Crippen LogP contribution in [0.25, 0.3) is 0 Å². The first-order chi connectivity index (χ1) is 10.3. The van der Waals surface area contributed by atoms with E-state index >= 15 is 0 Å². The molecule has 0 spiro atoms. The lowest BCUT2D eigenvalue weighted by Gasteiger charge is -2.14. The maximum Gasteiger partial charge on any atom is 0.0273 e. The average Bonchev–Trinajstić information content (AvgIpc) is 2.41. The van der Waals surface area contributed by atoms with E-state index in [0.29, 0.717) is 25.7 Å². The van der Waals surface area contributed by atoms with Gasteiger partial charge in [-0.25, -0.2) is 0 Å². The van der Waals surface area contributed by atoms with Crippen LogP contribution in [0.15, 0.2) is 48.5 Å². The van der Waals surface area contributed by atoms with E-state index in [9.17, 15) is 0 Å². The molecule has 0 saturated carbocycles. The fourth-order valence-corrected chi connectivity index (χ4v) is 2.47. The van der Waals surface area contributed by atoms with Gasteiger partial charge in [-0.15, -0.1) is 0 Å². The minimum absolute atomic E-state index is 0.327. The standard InChI is InChI=1S/C18H20/c1-2-8-16-12-6-14-18-10-4-3-9-17(18)13-5-11-15(16)7-1/h1-4,7-10H,5-6,11-14H2/i5D2,6D2. The second-order valence-electron chi connectivity index (χ2n) is 4.74. The van der Waals surface area contributed by atoms with Crippen molar-refractivity contribution in [2.45, 2.75) is 38.4 Å². The third kappa shape index (κ3) is 2.48. The monoisotopic (exact) mass is 240 g/mol. The molecule has 0 N–H and O–H groups in total. The average molecular weight is 240 g/mol. The quantitative estimate of drug-likeness (QED) is 0.642. The van der Waals surface area contributed by atoms with Crippen LogP contribution in [0.1, 0.15) is 40.5 Å². The minimum Gasteiger partial charge on any atom is -0.0620 e. The van der Waals surface area contributed by atoms with E-state index in [-0.39, 0.29) is 0 Å². The number of hydrogen-bond acceptors (Lipinski definition) is 0. The van der Waals surface area contributed by atoms with E-state index in [1.807, 2.05) is 48.5 Å². The molecule has 0 amide bonds. The zero-order chi connectivity index (χ0) is 15.8. The van der Waals surface area contributed by atoms with Crippen molar-refractivity contribution in [2.24, 2.45) is 0 Å². The summed E-state index contributed by atoms with van der Waals surface area (Å²) in [7, 11) is 0. The SMILES string of the molecule is [2H]C1([2H])Cc2ccccc2CC([2H])([2H])Cc2ccccc2C1. The maximum absolute atomic E-state index is 8.37. The van der Waals surface area contributed by atoms with Gasteiger partial charge in [0.1, 0.15) is 0 Å². The zero-order valence-corrected chi connectivity index (χ0v) is 10.4. The molecule has 0 nitrogen and oxygen atoms in total. The Balaban J connectivity index is 2.07. The third-order valence-corrected chi connectivity index (χ3v) is 3.50. The zero-order valence-electron chi connectivity index (χ0n) is 14.4. The van der Waals surface area contributed by atoms with Crippen LogP contribution in [0.2, 0.25) is 0 Å². The van der Waals surface area contributed by atoms with E-state index in [4.69, 9.17) is 5.48 Å². The van der Waals surface area contributed by atoms with E-state index < -0.39 is 12.7 Å². The van der Waals surface area contributed by atoms with Gasteiger partial charge >= 0.3 is 0 Å². The molecule has 0 radical (unpaired) electrons. The fraction of sp³-hybridized carbons (Fsp3) is 0.333. The summed E-state index contributed by atoms with van der Waals surface area (Å²) in [6.45, 7) is 0. The molecule has 2 aromatic carbocycles. The first kappa shape index (κ1) is 7.78. The topological polar surface area (TPSA) is 0 Å². The Hall–Kier alpha value is -1.56. The lowest BCUT2D eigenvalue weighted by atomic mass is 9.91. The minimum atomic E-state index is -1.32. The van der Waals surface area contributed by atoms with Crippen LogP contribution in [0.3, 0.4) is 0 Å². The molecule has 0 aromatic heterocycles. The van der Waals surface area contributed by atoms with Gasteiger partial charge in [-0.05, 0) is 60.7 Å². The van der Waals surface area contributed by atoms with E-state index in [1.54, 1.807) is 0 Å². The predicted octanol–water partition coefficient (Wildman–Crippen LogP) is 4.35. The number of fused-ring (bicyclic) bond motifs is 2. The number of rotatable bonds is 0. The van der Waals surface area contributed by atoms with Gasteiger partial charge in [0.25, 0.3) is 0 Å². The van der Waals surface area contributed by atoms with Gasteiger partial charge in [0, 0.05) is 5.48 Å². The van der Waals surface area contributed by atoms with Gasteiger partial charge in [0.15, 0.2) is 0 Å². The molecule has 0 fully saturated rings. The van der Waals surface area contributed by atoms with Crippen molar-refractivity contribution in [1.82, 2.24) is 0 Å². The summed E-state index contributed by atoms with van der Waals surface area (Å²) in [5, 5.41) is 0. The smallest absolute Gasteiger partial charge is 0.0273 e. The Kier molecular flexibility index (Phi) is 2.33. The summed E-state index contributed by atoms with van der Waals surface area (Å²) in [4.78, 5) is 0. The van der Waals surface area contributed by atoms with Crippen molar-refractivity contribution in [2.75, 3.05) is 0 Å². The summed E-state index contributed by atoms with van der Waals surface area (Å²) >= 11 is 0. The molecule has 0 saturated heterocycles. The van der Waals surface area contributed by atoms with Gasteiger partial charge in [0.05, 0.1) is 0 Å². The molecular weight excluding hydrogens is 216 g/mol. The molecule has 1 aliphatic carbocycles. The van der Waals surface area contributed by atoms with Crippen LogP contribution in [0.4, 0.5) is 0 Å². The second-order valence-corrected chi connectivity index (χ2v) is 4.74. The molecule has 0 atom stereocenters. The van der Waals surface area contributed by atoms with Crippen LogP contribution in [0, 0.1) is 0 Å².